The molecule has 0 amide bonds. The van der Waals surface area contributed by atoms with Crippen molar-refractivity contribution in [3.63, 3.8) is 0 Å². The van der Waals surface area contributed by atoms with Crippen LogP contribution in [-0.2, 0) is 4.79 Å². The molecule has 1 N–H and O–H groups in total. The Morgan fingerprint density at radius 1 is 0.950 bits per heavy atom. The molecule has 5 unspecified atom stereocenters. The van der Waals surface area contributed by atoms with E-state index in [1.54, 1.807) is 0 Å². The Bertz CT molecular complexity index is 400. The van der Waals surface area contributed by atoms with Crippen molar-refractivity contribution in [1.29, 1.82) is 0 Å². The van der Waals surface area contributed by atoms with Crippen molar-refractivity contribution in [2.45, 2.75) is 63.1 Å². The van der Waals surface area contributed by atoms with E-state index < -0.39 is 5.97 Å². The molecule has 5 atom stereocenters. The first-order chi connectivity index (χ1) is 9.75. The van der Waals surface area contributed by atoms with Gasteiger partial charge in [0.25, 0.3) is 0 Å². The molecule has 0 bridgehead atoms. The fourth-order valence-electron chi connectivity index (χ4n) is 5.61. The molecule has 1 aliphatic carbocycles. The van der Waals surface area contributed by atoms with Gasteiger partial charge in [0, 0.05) is 25.2 Å². The zero-order valence-electron chi connectivity index (χ0n) is 12.2. The number of hydrogen-bond acceptors (Lipinski definition) is 3. The number of hydrogen-bond donors (Lipinski definition) is 1. The summed E-state index contributed by atoms with van der Waals surface area (Å²) in [6, 6.07) is 0.973. The molecule has 4 fully saturated rings. The summed E-state index contributed by atoms with van der Waals surface area (Å²) in [5.74, 6) is 0.535. The van der Waals surface area contributed by atoms with Crippen molar-refractivity contribution < 1.29 is 9.90 Å². The second kappa shape index (κ2) is 4.99. The first kappa shape index (κ1) is 13.1. The Labute approximate surface area is 121 Å². The largest absolute Gasteiger partial charge is 0.480 e. The highest BCUT2D eigenvalue weighted by Gasteiger charge is 2.52. The van der Waals surface area contributed by atoms with Crippen LogP contribution < -0.4 is 0 Å². The molecule has 0 aromatic heterocycles. The van der Waals surface area contributed by atoms with Crippen LogP contribution in [0, 0.1) is 11.8 Å². The van der Waals surface area contributed by atoms with Crippen molar-refractivity contribution in [3.05, 3.63) is 0 Å². The highest BCUT2D eigenvalue weighted by molar-refractivity contribution is 5.74. The van der Waals surface area contributed by atoms with Crippen LogP contribution in [0.3, 0.4) is 0 Å². The molecule has 0 aromatic carbocycles. The van der Waals surface area contributed by atoms with Crippen LogP contribution >= 0.6 is 0 Å². The Balaban J connectivity index is 1.56. The Kier molecular flexibility index (Phi) is 3.26. The van der Waals surface area contributed by atoms with E-state index >= 15 is 0 Å². The molecule has 20 heavy (non-hydrogen) atoms. The summed E-state index contributed by atoms with van der Waals surface area (Å²) < 4.78 is 0. The molecule has 4 aliphatic rings. The highest BCUT2D eigenvalue weighted by atomic mass is 16.4. The Morgan fingerprint density at radius 3 is 2.70 bits per heavy atom. The van der Waals surface area contributed by atoms with Crippen LogP contribution in [-0.4, -0.2) is 58.6 Å². The summed E-state index contributed by atoms with van der Waals surface area (Å²) in [6.45, 7) is 3.48. The number of likely N-dealkylation sites (tertiary alicyclic amines) is 1. The van der Waals surface area contributed by atoms with E-state index in [1.807, 2.05) is 0 Å². The first-order valence-electron chi connectivity index (χ1n) is 8.48. The minimum Gasteiger partial charge on any atom is -0.480 e. The van der Waals surface area contributed by atoms with Gasteiger partial charge in [0.2, 0.25) is 0 Å². The Hall–Kier alpha value is -0.610. The molecule has 3 saturated heterocycles. The van der Waals surface area contributed by atoms with Gasteiger partial charge >= 0.3 is 5.97 Å². The average molecular weight is 278 g/mol. The van der Waals surface area contributed by atoms with Crippen molar-refractivity contribution in [2.24, 2.45) is 11.8 Å². The third-order valence-corrected chi connectivity index (χ3v) is 6.43. The summed E-state index contributed by atoms with van der Waals surface area (Å²) in [4.78, 5) is 16.9. The third kappa shape index (κ3) is 1.92. The maximum atomic E-state index is 11.8. The first-order valence-corrected chi connectivity index (χ1v) is 8.48. The Morgan fingerprint density at radius 2 is 1.85 bits per heavy atom. The van der Waals surface area contributed by atoms with Gasteiger partial charge in [-0.1, -0.05) is 12.8 Å². The van der Waals surface area contributed by atoms with Crippen LogP contribution in [0.4, 0.5) is 0 Å². The number of fused-ring (bicyclic) bond motifs is 2. The number of carboxylic acid groups (broad SMARTS) is 1. The smallest absolute Gasteiger partial charge is 0.321 e. The topological polar surface area (TPSA) is 43.8 Å². The van der Waals surface area contributed by atoms with Gasteiger partial charge in [-0.25, -0.2) is 0 Å². The molecule has 4 rings (SSSR count). The van der Waals surface area contributed by atoms with Gasteiger partial charge in [0.1, 0.15) is 6.04 Å². The van der Waals surface area contributed by atoms with Gasteiger partial charge in [-0.2, -0.15) is 0 Å². The van der Waals surface area contributed by atoms with Crippen LogP contribution in [0.15, 0.2) is 0 Å². The fourth-order valence-corrected chi connectivity index (χ4v) is 5.61. The van der Waals surface area contributed by atoms with Crippen LogP contribution in [0.2, 0.25) is 0 Å². The molecular weight excluding hydrogens is 252 g/mol. The van der Waals surface area contributed by atoms with Crippen molar-refractivity contribution in [3.8, 4) is 0 Å². The number of rotatable bonds is 2. The summed E-state index contributed by atoms with van der Waals surface area (Å²) in [7, 11) is 0. The molecule has 0 radical (unpaired) electrons. The lowest BCUT2D eigenvalue weighted by Gasteiger charge is -2.38. The van der Waals surface area contributed by atoms with Gasteiger partial charge < -0.3 is 5.11 Å². The molecule has 4 heteroatoms. The summed E-state index contributed by atoms with van der Waals surface area (Å²) in [5, 5.41) is 9.73. The predicted molar refractivity (Wildman–Crippen MR) is 76.6 cm³/mol. The summed E-state index contributed by atoms with van der Waals surface area (Å²) >= 11 is 0. The van der Waals surface area contributed by atoms with E-state index in [9.17, 15) is 9.90 Å². The van der Waals surface area contributed by atoms with Crippen molar-refractivity contribution in [1.82, 2.24) is 9.80 Å². The number of piperidine rings is 1. The monoisotopic (exact) mass is 278 g/mol. The normalized spacial score (nSPS) is 45.5. The lowest BCUT2D eigenvalue weighted by atomic mass is 9.93. The van der Waals surface area contributed by atoms with Gasteiger partial charge in [0.15, 0.2) is 0 Å². The number of nitrogens with zero attached hydrogens (tertiary/aromatic N) is 2. The molecule has 0 aromatic rings. The summed E-state index contributed by atoms with van der Waals surface area (Å²) in [6.07, 6.45) is 8.77. The third-order valence-electron chi connectivity index (χ3n) is 6.43. The van der Waals surface area contributed by atoms with E-state index in [0.717, 1.165) is 13.0 Å². The molecule has 4 nitrogen and oxygen atoms in total. The number of carbonyl (C=O) groups is 1. The van der Waals surface area contributed by atoms with E-state index in [0.29, 0.717) is 23.9 Å². The summed E-state index contributed by atoms with van der Waals surface area (Å²) in [5.41, 5.74) is 0. The predicted octanol–water partition coefficient (Wildman–Crippen LogP) is 1.80. The zero-order chi connectivity index (χ0) is 13.7. The van der Waals surface area contributed by atoms with E-state index in [2.05, 4.69) is 9.80 Å². The van der Waals surface area contributed by atoms with Crippen LogP contribution in [0.1, 0.15) is 44.9 Å². The number of carboxylic acids is 1. The van der Waals surface area contributed by atoms with E-state index in [1.165, 1.54) is 51.6 Å². The van der Waals surface area contributed by atoms with Crippen molar-refractivity contribution >= 4 is 5.97 Å². The molecule has 1 saturated carbocycles. The fraction of sp³-hybridized carbons (Fsp3) is 0.938. The molecular formula is C16H26N2O2. The molecule has 112 valence electrons. The van der Waals surface area contributed by atoms with E-state index in [-0.39, 0.29) is 6.04 Å². The lowest BCUT2D eigenvalue weighted by Crippen LogP contribution is -2.51. The second-order valence-electron chi connectivity index (χ2n) is 7.29. The van der Waals surface area contributed by atoms with E-state index in [4.69, 9.17) is 0 Å². The average Bonchev–Trinajstić information content (AvgIpc) is 3.10. The SMILES string of the molecule is O=C(O)C1C2CCCC2CN1C1CCN2CCCCC12. The van der Waals surface area contributed by atoms with Crippen LogP contribution in [0.5, 0.6) is 0 Å². The second-order valence-corrected chi connectivity index (χ2v) is 7.29. The molecule has 3 aliphatic heterocycles. The maximum absolute atomic E-state index is 11.8. The quantitative estimate of drug-likeness (QED) is 0.836. The van der Waals surface area contributed by atoms with Gasteiger partial charge in [-0.05, 0) is 50.5 Å². The van der Waals surface area contributed by atoms with Gasteiger partial charge in [0.05, 0.1) is 0 Å². The van der Waals surface area contributed by atoms with Crippen molar-refractivity contribution in [2.75, 3.05) is 19.6 Å². The van der Waals surface area contributed by atoms with Gasteiger partial charge in [-0.15, -0.1) is 0 Å². The molecule has 0 spiro atoms. The zero-order valence-corrected chi connectivity index (χ0v) is 12.2. The molecule has 3 heterocycles. The van der Waals surface area contributed by atoms with Crippen LogP contribution in [0.25, 0.3) is 0 Å². The standard InChI is InChI=1S/C16H26N2O2/c19-16(20)15-12-5-3-4-11(12)10-18(15)14-7-9-17-8-2-1-6-13(14)17/h11-15H,1-10H2,(H,19,20). The highest BCUT2D eigenvalue weighted by Crippen LogP contribution is 2.45. The lowest BCUT2D eigenvalue weighted by molar-refractivity contribution is -0.144. The van der Waals surface area contributed by atoms with Gasteiger partial charge in [-0.3, -0.25) is 14.6 Å². The number of aliphatic carboxylic acids is 1. The minimum atomic E-state index is -0.561. The maximum Gasteiger partial charge on any atom is 0.321 e. The minimum absolute atomic E-state index is 0.186.